The molecule has 0 aliphatic heterocycles. The van der Waals surface area contributed by atoms with E-state index in [1.807, 2.05) is 39.0 Å². The number of nitrogens with two attached hydrogens (primary N) is 1. The molecule has 0 saturated carbocycles. The number of benzene rings is 1. The first-order valence-electron chi connectivity index (χ1n) is 6.06. The molecule has 0 atom stereocenters. The fourth-order valence-corrected chi connectivity index (χ4v) is 2.00. The van der Waals surface area contributed by atoms with Gasteiger partial charge in [0, 0.05) is 17.4 Å². The van der Waals surface area contributed by atoms with Gasteiger partial charge in [-0.3, -0.25) is 4.79 Å². The molecule has 4 heteroatoms. The SMILES string of the molecule is Cc1ccc(Br)cc1CNC(=O)CC(C)(C)CN. The number of rotatable bonds is 5. The highest BCUT2D eigenvalue weighted by molar-refractivity contribution is 9.10. The maximum absolute atomic E-state index is 11.8. The number of hydrogen-bond donors (Lipinski definition) is 2. The Hall–Kier alpha value is -0.870. The summed E-state index contributed by atoms with van der Waals surface area (Å²) in [6, 6.07) is 6.07. The van der Waals surface area contributed by atoms with Crippen LogP contribution >= 0.6 is 15.9 Å². The third-order valence-corrected chi connectivity index (χ3v) is 3.47. The van der Waals surface area contributed by atoms with Crippen molar-refractivity contribution in [3.8, 4) is 0 Å². The van der Waals surface area contributed by atoms with Crippen LogP contribution in [0.5, 0.6) is 0 Å². The van der Waals surface area contributed by atoms with Crippen molar-refractivity contribution in [2.24, 2.45) is 11.1 Å². The number of halogens is 1. The summed E-state index contributed by atoms with van der Waals surface area (Å²) in [6.07, 6.45) is 0.455. The molecule has 0 fully saturated rings. The second kappa shape index (κ2) is 6.34. The fourth-order valence-electron chi connectivity index (χ4n) is 1.59. The van der Waals surface area contributed by atoms with Gasteiger partial charge in [0.1, 0.15) is 0 Å². The molecule has 0 aromatic heterocycles. The first-order chi connectivity index (χ1) is 8.34. The van der Waals surface area contributed by atoms with E-state index in [9.17, 15) is 4.79 Å². The van der Waals surface area contributed by atoms with Gasteiger partial charge in [0.05, 0.1) is 0 Å². The van der Waals surface area contributed by atoms with Crippen molar-refractivity contribution in [1.82, 2.24) is 5.32 Å². The number of amides is 1. The topological polar surface area (TPSA) is 55.1 Å². The van der Waals surface area contributed by atoms with E-state index >= 15 is 0 Å². The van der Waals surface area contributed by atoms with Crippen LogP contribution in [0.15, 0.2) is 22.7 Å². The molecule has 1 amide bonds. The molecule has 0 radical (unpaired) electrons. The smallest absolute Gasteiger partial charge is 0.220 e. The standard InChI is InChI=1S/C14H21BrN2O/c1-10-4-5-12(15)6-11(10)8-17-13(18)7-14(2,3)9-16/h4-6H,7-9,16H2,1-3H3,(H,17,18). The maximum Gasteiger partial charge on any atom is 0.220 e. The molecule has 0 heterocycles. The summed E-state index contributed by atoms with van der Waals surface area (Å²) in [5.74, 6) is 0.0461. The van der Waals surface area contributed by atoms with Crippen molar-refractivity contribution in [2.75, 3.05) is 6.54 Å². The Morgan fingerprint density at radius 2 is 2.11 bits per heavy atom. The van der Waals surface area contributed by atoms with E-state index in [4.69, 9.17) is 5.73 Å². The number of carbonyl (C=O) groups is 1. The summed E-state index contributed by atoms with van der Waals surface area (Å²) >= 11 is 3.43. The predicted molar refractivity (Wildman–Crippen MR) is 78.2 cm³/mol. The molecule has 0 saturated heterocycles. The fraction of sp³-hybridized carbons (Fsp3) is 0.500. The van der Waals surface area contributed by atoms with Gasteiger partial charge < -0.3 is 11.1 Å². The van der Waals surface area contributed by atoms with Crippen molar-refractivity contribution >= 4 is 21.8 Å². The van der Waals surface area contributed by atoms with Crippen LogP contribution in [0.4, 0.5) is 0 Å². The molecule has 0 unspecified atom stereocenters. The van der Waals surface area contributed by atoms with Gasteiger partial charge in [-0.15, -0.1) is 0 Å². The third kappa shape index (κ3) is 4.78. The lowest BCUT2D eigenvalue weighted by molar-refractivity contribution is -0.123. The summed E-state index contributed by atoms with van der Waals surface area (Å²) in [6.45, 7) is 7.10. The van der Waals surface area contributed by atoms with Crippen molar-refractivity contribution in [2.45, 2.75) is 33.7 Å². The second-order valence-electron chi connectivity index (χ2n) is 5.39. The molecule has 3 nitrogen and oxygen atoms in total. The van der Waals surface area contributed by atoms with E-state index in [1.165, 1.54) is 5.56 Å². The third-order valence-electron chi connectivity index (χ3n) is 2.98. The molecule has 0 aliphatic rings. The van der Waals surface area contributed by atoms with Gasteiger partial charge in [0.25, 0.3) is 0 Å². The average Bonchev–Trinajstić information content (AvgIpc) is 2.30. The van der Waals surface area contributed by atoms with E-state index in [2.05, 4.69) is 21.2 Å². The van der Waals surface area contributed by atoms with Crippen LogP contribution < -0.4 is 11.1 Å². The molecule has 0 spiro atoms. The highest BCUT2D eigenvalue weighted by atomic mass is 79.9. The molecule has 1 aromatic rings. The van der Waals surface area contributed by atoms with Gasteiger partial charge in [-0.1, -0.05) is 35.8 Å². The van der Waals surface area contributed by atoms with Crippen LogP contribution in [0.2, 0.25) is 0 Å². The summed E-state index contributed by atoms with van der Waals surface area (Å²) in [7, 11) is 0. The quantitative estimate of drug-likeness (QED) is 0.878. The number of hydrogen-bond acceptors (Lipinski definition) is 2. The first kappa shape index (κ1) is 15.2. The van der Waals surface area contributed by atoms with Crippen molar-refractivity contribution in [1.29, 1.82) is 0 Å². The lowest BCUT2D eigenvalue weighted by atomic mass is 9.89. The lowest BCUT2D eigenvalue weighted by Crippen LogP contribution is -2.32. The van der Waals surface area contributed by atoms with Crippen LogP contribution in [0.1, 0.15) is 31.4 Å². The normalized spacial score (nSPS) is 11.4. The van der Waals surface area contributed by atoms with E-state index in [0.717, 1.165) is 10.0 Å². The Morgan fingerprint density at radius 1 is 1.44 bits per heavy atom. The minimum absolute atomic E-state index is 0.0461. The van der Waals surface area contributed by atoms with Crippen molar-refractivity contribution < 1.29 is 4.79 Å². The zero-order chi connectivity index (χ0) is 13.8. The number of nitrogens with one attached hydrogen (secondary N) is 1. The Kier molecular flexibility index (Phi) is 5.35. The van der Waals surface area contributed by atoms with Gasteiger partial charge in [0.2, 0.25) is 5.91 Å². The van der Waals surface area contributed by atoms with Gasteiger partial charge in [-0.2, -0.15) is 0 Å². The number of aryl methyl sites for hydroxylation is 1. The van der Waals surface area contributed by atoms with Crippen LogP contribution in [-0.2, 0) is 11.3 Å². The predicted octanol–water partition coefficient (Wildman–Crippen LogP) is 2.75. The van der Waals surface area contributed by atoms with Crippen LogP contribution in [-0.4, -0.2) is 12.5 Å². The van der Waals surface area contributed by atoms with E-state index in [1.54, 1.807) is 0 Å². The van der Waals surface area contributed by atoms with Gasteiger partial charge in [-0.05, 0) is 42.1 Å². The molecule has 100 valence electrons. The minimum Gasteiger partial charge on any atom is -0.352 e. The lowest BCUT2D eigenvalue weighted by Gasteiger charge is -2.21. The van der Waals surface area contributed by atoms with Crippen LogP contribution in [0.25, 0.3) is 0 Å². The average molecular weight is 313 g/mol. The van der Waals surface area contributed by atoms with E-state index < -0.39 is 0 Å². The summed E-state index contributed by atoms with van der Waals surface area (Å²) in [5.41, 5.74) is 7.78. The second-order valence-corrected chi connectivity index (χ2v) is 6.31. The molecular weight excluding hydrogens is 292 g/mol. The molecule has 3 N–H and O–H groups in total. The Balaban J connectivity index is 2.55. The summed E-state index contributed by atoms with van der Waals surface area (Å²) in [5, 5.41) is 2.94. The van der Waals surface area contributed by atoms with Crippen LogP contribution in [0, 0.1) is 12.3 Å². The number of carbonyl (C=O) groups excluding carboxylic acids is 1. The largest absolute Gasteiger partial charge is 0.352 e. The maximum atomic E-state index is 11.8. The van der Waals surface area contributed by atoms with Gasteiger partial charge in [-0.25, -0.2) is 0 Å². The van der Waals surface area contributed by atoms with Gasteiger partial charge in [0.15, 0.2) is 0 Å². The summed E-state index contributed by atoms with van der Waals surface area (Å²) in [4.78, 5) is 11.8. The van der Waals surface area contributed by atoms with E-state index in [-0.39, 0.29) is 11.3 Å². The molecule has 1 aromatic carbocycles. The highest BCUT2D eigenvalue weighted by Crippen LogP contribution is 2.18. The van der Waals surface area contributed by atoms with Crippen molar-refractivity contribution in [3.63, 3.8) is 0 Å². The molecule has 0 aliphatic carbocycles. The summed E-state index contributed by atoms with van der Waals surface area (Å²) < 4.78 is 1.03. The Bertz CT molecular complexity index is 430. The monoisotopic (exact) mass is 312 g/mol. The molecule has 18 heavy (non-hydrogen) atoms. The zero-order valence-corrected chi connectivity index (χ0v) is 12.8. The Morgan fingerprint density at radius 3 is 2.72 bits per heavy atom. The van der Waals surface area contributed by atoms with Crippen LogP contribution in [0.3, 0.4) is 0 Å². The van der Waals surface area contributed by atoms with Crippen molar-refractivity contribution in [3.05, 3.63) is 33.8 Å². The van der Waals surface area contributed by atoms with E-state index in [0.29, 0.717) is 19.5 Å². The molecular formula is C14H21BrN2O. The zero-order valence-electron chi connectivity index (χ0n) is 11.2. The van der Waals surface area contributed by atoms with Gasteiger partial charge >= 0.3 is 0 Å². The first-order valence-corrected chi connectivity index (χ1v) is 6.85. The highest BCUT2D eigenvalue weighted by Gasteiger charge is 2.19. The Labute approximate surface area is 117 Å². The molecule has 1 rings (SSSR count). The minimum atomic E-state index is -0.142. The molecule has 0 bridgehead atoms.